The Balaban J connectivity index is 3.75. The Labute approximate surface area is 299 Å². The van der Waals surface area contributed by atoms with Gasteiger partial charge in [0.1, 0.15) is 0 Å². The summed E-state index contributed by atoms with van der Waals surface area (Å²) in [5.74, 6) is -0.882. The molecule has 0 aliphatic carbocycles. The van der Waals surface area contributed by atoms with Crippen molar-refractivity contribution in [3.05, 3.63) is 0 Å². The third kappa shape index (κ3) is 36.6. The molecular weight excluding hydrogens is 619 g/mol. The lowest BCUT2D eigenvalue weighted by molar-refractivity contribution is -0.122. The smallest absolute Gasteiger partial charge is 0.266 e. The number of carbonyl (C=O) groups is 1. The molecule has 0 saturated carbocycles. The van der Waals surface area contributed by atoms with Crippen LogP contribution in [0.15, 0.2) is 0 Å². The molecule has 0 bridgehead atoms. The Kier molecular flexibility index (Phi) is 35.6. The molecule has 0 aromatic rings. The molecular formula is C41H83NO5S. The van der Waals surface area contributed by atoms with Crippen molar-refractivity contribution >= 4 is 16.0 Å². The average molecular weight is 702 g/mol. The molecule has 2 unspecified atom stereocenters. The van der Waals surface area contributed by atoms with Crippen LogP contribution in [0.3, 0.4) is 0 Å². The monoisotopic (exact) mass is 702 g/mol. The summed E-state index contributed by atoms with van der Waals surface area (Å²) in [7, 11) is -4.30. The van der Waals surface area contributed by atoms with Crippen molar-refractivity contribution in [3.8, 4) is 0 Å². The minimum absolute atomic E-state index is 0.241. The molecule has 0 aromatic heterocycles. The van der Waals surface area contributed by atoms with Crippen LogP contribution in [0, 0.1) is 0 Å². The molecule has 288 valence electrons. The van der Waals surface area contributed by atoms with Gasteiger partial charge in [-0.3, -0.25) is 9.35 Å². The largest absolute Gasteiger partial charge is 0.391 e. The number of carbonyl (C=O) groups excluding carboxylic acids is 1. The second kappa shape index (κ2) is 36.1. The molecule has 2 atom stereocenters. The van der Waals surface area contributed by atoms with E-state index in [4.69, 9.17) is 0 Å². The highest BCUT2D eigenvalue weighted by atomic mass is 32.2. The van der Waals surface area contributed by atoms with E-state index in [0.717, 1.165) is 38.5 Å². The molecule has 7 heteroatoms. The molecule has 3 N–H and O–H groups in total. The minimum atomic E-state index is -4.30. The lowest BCUT2D eigenvalue weighted by Gasteiger charge is -2.23. The third-order valence-electron chi connectivity index (χ3n) is 10.1. The Bertz CT molecular complexity index is 775. The first kappa shape index (κ1) is 47.3. The van der Waals surface area contributed by atoms with Gasteiger partial charge in [0, 0.05) is 6.42 Å². The van der Waals surface area contributed by atoms with Gasteiger partial charge in [-0.05, 0) is 12.8 Å². The Morgan fingerprint density at radius 2 is 0.750 bits per heavy atom. The van der Waals surface area contributed by atoms with Crippen molar-refractivity contribution in [1.29, 1.82) is 0 Å². The predicted molar refractivity (Wildman–Crippen MR) is 207 cm³/mol. The Hall–Kier alpha value is -0.660. The second-order valence-corrected chi connectivity index (χ2v) is 16.5. The van der Waals surface area contributed by atoms with Crippen LogP contribution in [0.25, 0.3) is 0 Å². The number of nitrogens with one attached hydrogen (secondary N) is 1. The summed E-state index contributed by atoms with van der Waals surface area (Å²) in [6, 6.07) is -0.963. The summed E-state index contributed by atoms with van der Waals surface area (Å²) in [6.45, 7) is 4.53. The fraction of sp³-hybridized carbons (Fsp3) is 0.976. The lowest BCUT2D eigenvalue weighted by Crippen LogP contribution is -2.47. The first-order valence-corrected chi connectivity index (χ1v) is 22.8. The standard InChI is InChI=1S/C41H83NO5S/c1-3-5-7-9-11-13-15-17-18-19-20-21-22-23-24-25-27-29-31-33-35-37-41(44)42-39(38-48(45,46)47)40(43)36-34-32-30-28-26-16-14-12-10-8-6-4-2/h39-40,43H,3-38H2,1-2H3,(H,42,44)(H,45,46,47). The highest BCUT2D eigenvalue weighted by Gasteiger charge is 2.26. The van der Waals surface area contributed by atoms with Gasteiger partial charge >= 0.3 is 0 Å². The van der Waals surface area contributed by atoms with E-state index in [2.05, 4.69) is 19.2 Å². The zero-order valence-corrected chi connectivity index (χ0v) is 33.0. The summed E-state index contributed by atoms with van der Waals surface area (Å²) >= 11 is 0. The number of amides is 1. The molecule has 6 nitrogen and oxygen atoms in total. The molecule has 0 rings (SSSR count). The summed E-state index contributed by atoms with van der Waals surface area (Å²) in [4.78, 5) is 12.5. The van der Waals surface area contributed by atoms with Crippen LogP contribution in [0.2, 0.25) is 0 Å². The van der Waals surface area contributed by atoms with Gasteiger partial charge in [-0.1, -0.05) is 219 Å². The van der Waals surface area contributed by atoms with Crippen LogP contribution in [-0.4, -0.2) is 41.9 Å². The number of aliphatic hydroxyl groups excluding tert-OH is 1. The van der Waals surface area contributed by atoms with Crippen molar-refractivity contribution in [2.75, 3.05) is 5.75 Å². The highest BCUT2D eigenvalue weighted by Crippen LogP contribution is 2.17. The molecule has 48 heavy (non-hydrogen) atoms. The van der Waals surface area contributed by atoms with Gasteiger partial charge in [0.2, 0.25) is 5.91 Å². The highest BCUT2D eigenvalue weighted by molar-refractivity contribution is 7.85. The zero-order chi connectivity index (χ0) is 35.4. The van der Waals surface area contributed by atoms with Crippen LogP contribution < -0.4 is 5.32 Å². The fourth-order valence-electron chi connectivity index (χ4n) is 6.87. The molecule has 0 heterocycles. The summed E-state index contributed by atoms with van der Waals surface area (Å²) in [6.07, 6.45) is 42.0. The van der Waals surface area contributed by atoms with Crippen molar-refractivity contribution < 1.29 is 22.9 Å². The van der Waals surface area contributed by atoms with Gasteiger partial charge in [-0.15, -0.1) is 0 Å². The van der Waals surface area contributed by atoms with Crippen molar-refractivity contribution in [3.63, 3.8) is 0 Å². The predicted octanol–water partition coefficient (Wildman–Crippen LogP) is 12.4. The van der Waals surface area contributed by atoms with E-state index in [1.54, 1.807) is 0 Å². The molecule has 0 aliphatic rings. The maximum Gasteiger partial charge on any atom is 0.266 e. The quantitative estimate of drug-likeness (QED) is 0.0437. The van der Waals surface area contributed by atoms with E-state index in [1.165, 1.54) is 173 Å². The van der Waals surface area contributed by atoms with Gasteiger partial charge in [-0.25, -0.2) is 0 Å². The Morgan fingerprint density at radius 1 is 0.479 bits per heavy atom. The maximum atomic E-state index is 12.5. The average Bonchev–Trinajstić information content (AvgIpc) is 3.05. The first-order valence-electron chi connectivity index (χ1n) is 21.2. The molecule has 0 saturated heterocycles. The number of hydrogen-bond acceptors (Lipinski definition) is 4. The molecule has 0 radical (unpaired) electrons. The second-order valence-electron chi connectivity index (χ2n) is 15.0. The molecule has 1 amide bonds. The van der Waals surface area contributed by atoms with E-state index in [0.29, 0.717) is 12.8 Å². The van der Waals surface area contributed by atoms with Crippen molar-refractivity contribution in [2.45, 2.75) is 251 Å². The van der Waals surface area contributed by atoms with Crippen molar-refractivity contribution in [1.82, 2.24) is 5.32 Å². The number of aliphatic hydroxyl groups is 1. The maximum absolute atomic E-state index is 12.5. The van der Waals surface area contributed by atoms with Crippen LogP contribution in [0.1, 0.15) is 239 Å². The summed E-state index contributed by atoms with van der Waals surface area (Å²) in [5.41, 5.74) is 0. The number of hydrogen-bond donors (Lipinski definition) is 3. The van der Waals surface area contributed by atoms with Gasteiger partial charge < -0.3 is 10.4 Å². The van der Waals surface area contributed by atoms with Gasteiger partial charge in [0.15, 0.2) is 0 Å². The lowest BCUT2D eigenvalue weighted by atomic mass is 10.0. The van der Waals surface area contributed by atoms with E-state index in [-0.39, 0.29) is 5.91 Å². The molecule has 0 aromatic carbocycles. The van der Waals surface area contributed by atoms with Gasteiger partial charge in [0.05, 0.1) is 17.9 Å². The van der Waals surface area contributed by atoms with Gasteiger partial charge in [0.25, 0.3) is 10.1 Å². The summed E-state index contributed by atoms with van der Waals surface area (Å²) < 4.78 is 32.5. The van der Waals surface area contributed by atoms with E-state index < -0.39 is 28.0 Å². The van der Waals surface area contributed by atoms with Crippen LogP contribution >= 0.6 is 0 Å². The minimum Gasteiger partial charge on any atom is -0.391 e. The topological polar surface area (TPSA) is 104 Å². The van der Waals surface area contributed by atoms with Crippen molar-refractivity contribution in [2.24, 2.45) is 0 Å². The van der Waals surface area contributed by atoms with Crippen LogP contribution in [0.4, 0.5) is 0 Å². The Morgan fingerprint density at radius 3 is 1.04 bits per heavy atom. The number of rotatable bonds is 39. The zero-order valence-electron chi connectivity index (χ0n) is 32.1. The SMILES string of the molecule is CCCCCCCCCCCCCCCCCCCCCCCC(=O)NC(CS(=O)(=O)O)C(O)CCCCCCCCCCCCCC. The molecule has 0 aliphatic heterocycles. The first-order chi connectivity index (χ1) is 23.3. The van der Waals surface area contributed by atoms with Gasteiger partial charge in [-0.2, -0.15) is 8.42 Å². The fourth-order valence-corrected chi connectivity index (χ4v) is 7.63. The van der Waals surface area contributed by atoms with Crippen LogP contribution in [-0.2, 0) is 14.9 Å². The molecule has 0 spiro atoms. The molecule has 0 fully saturated rings. The van der Waals surface area contributed by atoms with E-state index in [1.807, 2.05) is 0 Å². The summed E-state index contributed by atoms with van der Waals surface area (Å²) in [5, 5.41) is 13.3. The van der Waals surface area contributed by atoms with E-state index in [9.17, 15) is 22.9 Å². The number of unbranched alkanes of at least 4 members (excludes halogenated alkanes) is 31. The van der Waals surface area contributed by atoms with Crippen LogP contribution in [0.5, 0.6) is 0 Å². The third-order valence-corrected chi connectivity index (χ3v) is 10.8. The van der Waals surface area contributed by atoms with E-state index >= 15 is 0 Å². The normalized spacial score (nSPS) is 13.2.